The topological polar surface area (TPSA) is 21.3 Å². The van der Waals surface area contributed by atoms with Gasteiger partial charge in [0.05, 0.1) is 6.61 Å². The molecule has 0 spiro atoms. The Morgan fingerprint density at radius 2 is 2.06 bits per heavy atom. The average molecular weight is 233 g/mol. The van der Waals surface area contributed by atoms with Crippen molar-refractivity contribution in [1.29, 1.82) is 0 Å². The monoisotopic (exact) mass is 233 g/mol. The molecule has 2 nitrogen and oxygen atoms in total. The van der Waals surface area contributed by atoms with Crippen LogP contribution in [-0.4, -0.2) is 12.6 Å². The van der Waals surface area contributed by atoms with Crippen molar-refractivity contribution in [3.8, 4) is 5.75 Å². The molecule has 1 heterocycles. The summed E-state index contributed by atoms with van der Waals surface area (Å²) in [6, 6.07) is 5.37. The van der Waals surface area contributed by atoms with Gasteiger partial charge in [0.25, 0.3) is 0 Å². The van der Waals surface area contributed by atoms with E-state index in [-0.39, 0.29) is 0 Å². The lowest BCUT2D eigenvalue weighted by atomic mass is 9.95. The Kier molecular flexibility index (Phi) is 3.72. The summed E-state index contributed by atoms with van der Waals surface area (Å²) in [5.74, 6) is 1.08. The highest BCUT2D eigenvalue weighted by Gasteiger charge is 2.22. The van der Waals surface area contributed by atoms with Gasteiger partial charge in [0.15, 0.2) is 0 Å². The maximum absolute atomic E-state index is 5.88. The van der Waals surface area contributed by atoms with Crippen LogP contribution in [0.15, 0.2) is 12.1 Å². The van der Waals surface area contributed by atoms with Crippen LogP contribution in [0.25, 0.3) is 0 Å². The summed E-state index contributed by atoms with van der Waals surface area (Å²) in [6.45, 7) is 9.57. The van der Waals surface area contributed by atoms with Crippen molar-refractivity contribution in [2.24, 2.45) is 0 Å². The third kappa shape index (κ3) is 2.81. The fourth-order valence-electron chi connectivity index (χ4n) is 2.69. The van der Waals surface area contributed by atoms with Gasteiger partial charge in [0.1, 0.15) is 5.75 Å². The van der Waals surface area contributed by atoms with Crippen molar-refractivity contribution in [3.05, 3.63) is 28.8 Å². The lowest BCUT2D eigenvalue weighted by molar-refractivity contribution is 0.314. The second-order valence-corrected chi connectivity index (χ2v) is 5.36. The molecule has 0 aliphatic carbocycles. The highest BCUT2D eigenvalue weighted by atomic mass is 16.5. The second kappa shape index (κ2) is 5.09. The zero-order chi connectivity index (χ0) is 12.4. The lowest BCUT2D eigenvalue weighted by Gasteiger charge is -2.23. The fraction of sp³-hybridized carbons (Fsp3) is 0.600. The molecule has 0 saturated heterocycles. The van der Waals surface area contributed by atoms with Crippen LogP contribution in [0.1, 0.15) is 49.4 Å². The average Bonchev–Trinajstić information content (AvgIpc) is 2.39. The molecule has 1 atom stereocenters. The quantitative estimate of drug-likeness (QED) is 0.844. The molecule has 2 rings (SSSR count). The van der Waals surface area contributed by atoms with Gasteiger partial charge in [-0.05, 0) is 43.9 Å². The molecule has 17 heavy (non-hydrogen) atoms. The third-order valence-electron chi connectivity index (χ3n) is 3.27. The van der Waals surface area contributed by atoms with Gasteiger partial charge in [-0.15, -0.1) is 0 Å². The van der Waals surface area contributed by atoms with E-state index >= 15 is 0 Å². The standard InChI is InChI=1S/C15H23NO/c1-10(2)16-13-6-5-7-17-14-9-11(3)8-12(4)15(13)14/h8-10,13,16H,5-7H2,1-4H3. The Bertz CT molecular complexity index is 398. The SMILES string of the molecule is Cc1cc(C)c2c(c1)OCCCC2NC(C)C. The number of hydrogen-bond acceptors (Lipinski definition) is 2. The Hall–Kier alpha value is -1.02. The van der Waals surface area contributed by atoms with Crippen LogP contribution in [-0.2, 0) is 0 Å². The molecule has 1 aliphatic heterocycles. The highest BCUT2D eigenvalue weighted by Crippen LogP contribution is 2.35. The zero-order valence-corrected chi connectivity index (χ0v) is 11.3. The lowest BCUT2D eigenvalue weighted by Crippen LogP contribution is -2.28. The van der Waals surface area contributed by atoms with E-state index in [1.807, 2.05) is 0 Å². The minimum absolute atomic E-state index is 0.438. The number of fused-ring (bicyclic) bond motifs is 1. The first-order valence-electron chi connectivity index (χ1n) is 6.58. The Labute approximate surface area is 104 Å². The second-order valence-electron chi connectivity index (χ2n) is 5.36. The van der Waals surface area contributed by atoms with Gasteiger partial charge in [-0.2, -0.15) is 0 Å². The van der Waals surface area contributed by atoms with E-state index in [1.54, 1.807) is 0 Å². The van der Waals surface area contributed by atoms with Crippen molar-refractivity contribution in [2.75, 3.05) is 6.61 Å². The highest BCUT2D eigenvalue weighted by molar-refractivity contribution is 5.45. The maximum Gasteiger partial charge on any atom is 0.124 e. The molecule has 94 valence electrons. The van der Waals surface area contributed by atoms with Gasteiger partial charge in [-0.25, -0.2) is 0 Å². The van der Waals surface area contributed by atoms with Crippen LogP contribution in [0, 0.1) is 13.8 Å². The molecule has 1 N–H and O–H groups in total. The predicted molar refractivity (Wildman–Crippen MR) is 71.7 cm³/mol. The van der Waals surface area contributed by atoms with Gasteiger partial charge in [-0.3, -0.25) is 0 Å². The van der Waals surface area contributed by atoms with Gasteiger partial charge >= 0.3 is 0 Å². The summed E-state index contributed by atoms with van der Waals surface area (Å²) in [5, 5.41) is 3.66. The van der Waals surface area contributed by atoms with Crippen LogP contribution in [0.4, 0.5) is 0 Å². The number of aryl methyl sites for hydroxylation is 2. The Balaban J connectivity index is 2.40. The fourth-order valence-corrected chi connectivity index (χ4v) is 2.69. The summed E-state index contributed by atoms with van der Waals surface area (Å²) in [7, 11) is 0. The Morgan fingerprint density at radius 3 is 2.76 bits per heavy atom. The van der Waals surface area contributed by atoms with E-state index in [0.717, 1.165) is 25.2 Å². The molecule has 1 unspecified atom stereocenters. The van der Waals surface area contributed by atoms with E-state index in [4.69, 9.17) is 4.74 Å². The van der Waals surface area contributed by atoms with E-state index in [0.29, 0.717) is 12.1 Å². The van der Waals surface area contributed by atoms with Crippen molar-refractivity contribution in [1.82, 2.24) is 5.32 Å². The molecule has 0 amide bonds. The summed E-state index contributed by atoms with van der Waals surface area (Å²) in [4.78, 5) is 0. The Morgan fingerprint density at radius 1 is 1.29 bits per heavy atom. The van der Waals surface area contributed by atoms with Gasteiger partial charge in [-0.1, -0.05) is 19.9 Å². The van der Waals surface area contributed by atoms with Crippen LogP contribution in [0.2, 0.25) is 0 Å². The molecule has 1 aromatic carbocycles. The molecule has 0 saturated carbocycles. The van der Waals surface area contributed by atoms with E-state index in [1.165, 1.54) is 16.7 Å². The van der Waals surface area contributed by atoms with E-state index in [9.17, 15) is 0 Å². The normalized spacial score (nSPS) is 19.7. The van der Waals surface area contributed by atoms with Crippen LogP contribution < -0.4 is 10.1 Å². The molecule has 1 aliphatic rings. The molecule has 0 radical (unpaired) electrons. The predicted octanol–water partition coefficient (Wildman–Crippen LogP) is 3.52. The summed E-state index contributed by atoms with van der Waals surface area (Å²) >= 11 is 0. The van der Waals surface area contributed by atoms with Crippen molar-refractivity contribution in [3.63, 3.8) is 0 Å². The van der Waals surface area contributed by atoms with Gasteiger partial charge in [0.2, 0.25) is 0 Å². The first kappa shape index (κ1) is 12.4. The smallest absolute Gasteiger partial charge is 0.124 e. The third-order valence-corrected chi connectivity index (χ3v) is 3.27. The van der Waals surface area contributed by atoms with Crippen molar-refractivity contribution in [2.45, 2.75) is 52.6 Å². The minimum Gasteiger partial charge on any atom is -0.493 e. The molecule has 2 heteroatoms. The summed E-state index contributed by atoms with van der Waals surface area (Å²) < 4.78 is 5.88. The van der Waals surface area contributed by atoms with Crippen LogP contribution in [0.3, 0.4) is 0 Å². The zero-order valence-electron chi connectivity index (χ0n) is 11.3. The van der Waals surface area contributed by atoms with E-state index < -0.39 is 0 Å². The number of benzene rings is 1. The molecule has 0 fully saturated rings. The molecule has 1 aromatic rings. The van der Waals surface area contributed by atoms with Crippen LogP contribution >= 0.6 is 0 Å². The summed E-state index contributed by atoms with van der Waals surface area (Å²) in [5.41, 5.74) is 3.99. The number of hydrogen-bond donors (Lipinski definition) is 1. The molecular formula is C15H23NO. The minimum atomic E-state index is 0.438. The molecule has 0 aromatic heterocycles. The number of ether oxygens (including phenoxy) is 1. The van der Waals surface area contributed by atoms with Crippen molar-refractivity contribution < 1.29 is 4.74 Å². The van der Waals surface area contributed by atoms with E-state index in [2.05, 4.69) is 45.1 Å². The largest absolute Gasteiger partial charge is 0.493 e. The van der Waals surface area contributed by atoms with Gasteiger partial charge in [0, 0.05) is 17.6 Å². The summed E-state index contributed by atoms with van der Waals surface area (Å²) in [6.07, 6.45) is 2.28. The van der Waals surface area contributed by atoms with Crippen LogP contribution in [0.5, 0.6) is 5.75 Å². The van der Waals surface area contributed by atoms with Crippen molar-refractivity contribution >= 4 is 0 Å². The van der Waals surface area contributed by atoms with Gasteiger partial charge < -0.3 is 10.1 Å². The first-order chi connectivity index (χ1) is 8.08. The molecule has 0 bridgehead atoms. The first-order valence-corrected chi connectivity index (χ1v) is 6.58. The molecular weight excluding hydrogens is 210 g/mol. The number of rotatable bonds is 2. The maximum atomic E-state index is 5.88. The number of nitrogens with one attached hydrogen (secondary N) is 1.